The predicted octanol–water partition coefficient (Wildman–Crippen LogP) is 1.78. The number of rotatable bonds is 3. The fourth-order valence-electron chi connectivity index (χ4n) is 3.74. The maximum absolute atomic E-state index is 12.2. The lowest BCUT2D eigenvalue weighted by Gasteiger charge is -2.39. The molecule has 1 aromatic rings. The van der Waals surface area contributed by atoms with E-state index < -0.39 is 5.60 Å². The van der Waals surface area contributed by atoms with Gasteiger partial charge in [0.25, 0.3) is 0 Å². The van der Waals surface area contributed by atoms with Gasteiger partial charge < -0.3 is 14.7 Å². The molecule has 0 spiro atoms. The molecule has 2 fully saturated rings. The van der Waals surface area contributed by atoms with E-state index in [1.165, 1.54) is 5.56 Å². The number of ether oxygens (including phenoxy) is 1. The lowest BCUT2D eigenvalue weighted by molar-refractivity contribution is 0.00326. The van der Waals surface area contributed by atoms with E-state index in [0.29, 0.717) is 19.6 Å². The Morgan fingerprint density at radius 2 is 1.77 bits per heavy atom. The smallest absolute Gasteiger partial charge is 0.410 e. The van der Waals surface area contributed by atoms with E-state index in [9.17, 15) is 9.90 Å². The van der Waals surface area contributed by atoms with Crippen molar-refractivity contribution in [1.82, 2.24) is 14.7 Å². The van der Waals surface area contributed by atoms with Crippen LogP contribution in [0.15, 0.2) is 30.3 Å². The number of benzene rings is 1. The number of carbonyl (C=O) groups is 1. The second kappa shape index (κ2) is 7.94. The summed E-state index contributed by atoms with van der Waals surface area (Å²) in [7, 11) is 0. The first kappa shape index (κ1) is 19.1. The van der Waals surface area contributed by atoms with Crippen molar-refractivity contribution >= 4 is 6.09 Å². The second-order valence-electron chi connectivity index (χ2n) is 8.32. The van der Waals surface area contributed by atoms with E-state index in [1.54, 1.807) is 4.90 Å². The van der Waals surface area contributed by atoms with E-state index in [2.05, 4.69) is 34.1 Å². The molecule has 3 rings (SSSR count). The molecule has 2 aliphatic rings. The number of aliphatic hydroxyl groups excluding tert-OH is 1. The zero-order chi connectivity index (χ0) is 18.7. The Labute approximate surface area is 156 Å². The van der Waals surface area contributed by atoms with Crippen LogP contribution in [0.2, 0.25) is 0 Å². The quantitative estimate of drug-likeness (QED) is 0.889. The molecule has 0 radical (unpaired) electrons. The van der Waals surface area contributed by atoms with Crippen LogP contribution < -0.4 is 0 Å². The van der Waals surface area contributed by atoms with Gasteiger partial charge in [-0.15, -0.1) is 0 Å². The van der Waals surface area contributed by atoms with E-state index in [1.807, 2.05) is 26.8 Å². The van der Waals surface area contributed by atoms with Crippen molar-refractivity contribution in [1.29, 1.82) is 0 Å². The topological polar surface area (TPSA) is 56.2 Å². The van der Waals surface area contributed by atoms with Gasteiger partial charge in [-0.1, -0.05) is 30.3 Å². The maximum Gasteiger partial charge on any atom is 0.410 e. The number of aliphatic hydroxyl groups is 1. The molecule has 6 heteroatoms. The minimum absolute atomic E-state index is 0.138. The second-order valence-corrected chi connectivity index (χ2v) is 8.32. The molecule has 0 bridgehead atoms. The summed E-state index contributed by atoms with van der Waals surface area (Å²) in [4.78, 5) is 18.6. The van der Waals surface area contributed by atoms with Gasteiger partial charge >= 0.3 is 6.09 Å². The minimum Gasteiger partial charge on any atom is -0.444 e. The summed E-state index contributed by atoms with van der Waals surface area (Å²) in [5.41, 5.74) is 0.809. The predicted molar refractivity (Wildman–Crippen MR) is 101 cm³/mol. The SMILES string of the molecule is CC(C)(C)OC(=O)N1CCN(C2CN(Cc3ccccc3)C[C@H]2O)CC1. The molecule has 144 valence electrons. The molecule has 1 unspecified atom stereocenters. The first-order valence-corrected chi connectivity index (χ1v) is 9.48. The highest BCUT2D eigenvalue weighted by Gasteiger charge is 2.37. The van der Waals surface area contributed by atoms with Gasteiger partial charge in [-0.2, -0.15) is 0 Å². The minimum atomic E-state index is -0.464. The van der Waals surface area contributed by atoms with Crippen LogP contribution in [0.3, 0.4) is 0 Å². The van der Waals surface area contributed by atoms with Crippen molar-refractivity contribution in [3.05, 3.63) is 35.9 Å². The number of piperazine rings is 1. The monoisotopic (exact) mass is 361 g/mol. The van der Waals surface area contributed by atoms with Crippen LogP contribution in [0.4, 0.5) is 4.79 Å². The average Bonchev–Trinajstić information content (AvgIpc) is 2.94. The summed E-state index contributed by atoms with van der Waals surface area (Å²) >= 11 is 0. The molecule has 26 heavy (non-hydrogen) atoms. The van der Waals surface area contributed by atoms with Gasteiger partial charge in [-0.25, -0.2) is 4.79 Å². The van der Waals surface area contributed by atoms with E-state index in [4.69, 9.17) is 4.74 Å². The highest BCUT2D eigenvalue weighted by Crippen LogP contribution is 2.21. The molecule has 6 nitrogen and oxygen atoms in total. The number of likely N-dealkylation sites (tertiary alicyclic amines) is 1. The van der Waals surface area contributed by atoms with E-state index in [0.717, 1.165) is 26.2 Å². The molecular weight excluding hydrogens is 330 g/mol. The van der Waals surface area contributed by atoms with Crippen LogP contribution in [0.25, 0.3) is 0 Å². The summed E-state index contributed by atoms with van der Waals surface area (Å²) in [6, 6.07) is 10.5. The maximum atomic E-state index is 12.2. The zero-order valence-electron chi connectivity index (χ0n) is 16.1. The molecule has 2 atom stereocenters. The first-order valence-electron chi connectivity index (χ1n) is 9.48. The van der Waals surface area contributed by atoms with Crippen molar-refractivity contribution in [2.45, 2.75) is 45.1 Å². The molecule has 0 saturated carbocycles. The van der Waals surface area contributed by atoms with Crippen molar-refractivity contribution in [3.8, 4) is 0 Å². The Bertz CT molecular complexity index is 594. The Hall–Kier alpha value is -1.63. The first-order chi connectivity index (χ1) is 12.3. The fraction of sp³-hybridized carbons (Fsp3) is 0.650. The van der Waals surface area contributed by atoms with E-state index in [-0.39, 0.29) is 18.2 Å². The van der Waals surface area contributed by atoms with Crippen molar-refractivity contribution in [3.63, 3.8) is 0 Å². The molecule has 2 saturated heterocycles. The third-order valence-corrected chi connectivity index (χ3v) is 5.02. The molecule has 0 aromatic heterocycles. The van der Waals surface area contributed by atoms with Crippen molar-refractivity contribution < 1.29 is 14.6 Å². The number of amides is 1. The number of β-amino-alcohol motifs (C(OH)–C–C–N with tert-alkyl or cyclic N) is 1. The fourth-order valence-corrected chi connectivity index (χ4v) is 3.74. The molecule has 2 aliphatic heterocycles. The standard InChI is InChI=1S/C20H31N3O3/c1-20(2,3)26-19(25)23-11-9-22(10-12-23)17-14-21(15-18(17)24)13-16-7-5-4-6-8-16/h4-8,17-18,24H,9-15H2,1-3H3/t17?,18-/m1/s1. The summed E-state index contributed by atoms with van der Waals surface area (Å²) in [5, 5.41) is 10.5. The highest BCUT2D eigenvalue weighted by molar-refractivity contribution is 5.68. The number of carbonyl (C=O) groups excluding carboxylic acids is 1. The molecule has 1 N–H and O–H groups in total. The Kier molecular flexibility index (Phi) is 5.85. The van der Waals surface area contributed by atoms with Gasteiger partial charge in [0.2, 0.25) is 0 Å². The van der Waals surface area contributed by atoms with Crippen LogP contribution in [-0.2, 0) is 11.3 Å². The largest absolute Gasteiger partial charge is 0.444 e. The lowest BCUT2D eigenvalue weighted by atomic mass is 10.1. The third-order valence-electron chi connectivity index (χ3n) is 5.02. The highest BCUT2D eigenvalue weighted by atomic mass is 16.6. The van der Waals surface area contributed by atoms with Gasteiger partial charge in [-0.3, -0.25) is 9.80 Å². The molecular formula is C20H31N3O3. The lowest BCUT2D eigenvalue weighted by Crippen LogP contribution is -2.55. The molecule has 0 aliphatic carbocycles. The average molecular weight is 361 g/mol. The third kappa shape index (κ3) is 4.96. The summed E-state index contributed by atoms with van der Waals surface area (Å²) in [6.45, 7) is 10.9. The summed E-state index contributed by atoms with van der Waals surface area (Å²) in [5.74, 6) is 0. The summed E-state index contributed by atoms with van der Waals surface area (Å²) in [6.07, 6.45) is -0.582. The number of hydrogen-bond acceptors (Lipinski definition) is 5. The van der Waals surface area contributed by atoms with Crippen molar-refractivity contribution in [2.75, 3.05) is 39.3 Å². The molecule has 1 amide bonds. The Balaban J connectivity index is 1.49. The van der Waals surface area contributed by atoms with Crippen LogP contribution in [0.1, 0.15) is 26.3 Å². The Morgan fingerprint density at radius 1 is 1.12 bits per heavy atom. The zero-order valence-corrected chi connectivity index (χ0v) is 16.1. The molecule has 1 aromatic carbocycles. The van der Waals surface area contributed by atoms with Gasteiger partial charge in [0, 0.05) is 51.9 Å². The summed E-state index contributed by atoms with van der Waals surface area (Å²) < 4.78 is 5.45. The number of nitrogens with zero attached hydrogens (tertiary/aromatic N) is 3. The normalized spacial score (nSPS) is 25.5. The van der Waals surface area contributed by atoms with Gasteiger partial charge in [0.05, 0.1) is 6.10 Å². The van der Waals surface area contributed by atoms with Gasteiger partial charge in [0.1, 0.15) is 5.60 Å². The molecule has 2 heterocycles. The van der Waals surface area contributed by atoms with Gasteiger partial charge in [0.15, 0.2) is 0 Å². The number of hydrogen-bond donors (Lipinski definition) is 1. The van der Waals surface area contributed by atoms with Crippen LogP contribution >= 0.6 is 0 Å². The Morgan fingerprint density at radius 3 is 2.38 bits per heavy atom. The van der Waals surface area contributed by atoms with Gasteiger partial charge in [-0.05, 0) is 26.3 Å². The van der Waals surface area contributed by atoms with E-state index >= 15 is 0 Å². The van der Waals surface area contributed by atoms with Crippen LogP contribution in [0.5, 0.6) is 0 Å². The van der Waals surface area contributed by atoms with Crippen LogP contribution in [-0.4, -0.2) is 82.9 Å². The van der Waals surface area contributed by atoms with Crippen LogP contribution in [0, 0.1) is 0 Å². The van der Waals surface area contributed by atoms with Crippen molar-refractivity contribution in [2.24, 2.45) is 0 Å².